The quantitative estimate of drug-likeness (QED) is 0.465. The second-order valence-electron chi connectivity index (χ2n) is 6.73. The lowest BCUT2D eigenvalue weighted by atomic mass is 10.2. The Labute approximate surface area is 171 Å². The summed E-state index contributed by atoms with van der Waals surface area (Å²) in [5.41, 5.74) is 1.40. The van der Waals surface area contributed by atoms with Gasteiger partial charge in [-0.05, 0) is 36.0 Å². The summed E-state index contributed by atoms with van der Waals surface area (Å²) in [7, 11) is 1.68. The molecule has 1 unspecified atom stereocenters. The SMILES string of the molecule is CN(Cc1c([O-])on[n+]1-c1ccccc1)C1CC(=O)N(c2ccc(Cl)cc2)C1=O. The molecule has 1 aromatic heterocycles. The first kappa shape index (κ1) is 19.1. The van der Waals surface area contributed by atoms with Crippen LogP contribution in [0, 0.1) is 0 Å². The lowest BCUT2D eigenvalue weighted by molar-refractivity contribution is -0.678. The highest BCUT2D eigenvalue weighted by atomic mass is 35.5. The molecule has 2 heterocycles. The monoisotopic (exact) mass is 412 g/mol. The molecule has 0 aliphatic carbocycles. The van der Waals surface area contributed by atoms with Crippen molar-refractivity contribution in [1.82, 2.24) is 10.2 Å². The Balaban J connectivity index is 1.56. The fraction of sp³-hybridized carbons (Fsp3) is 0.200. The minimum absolute atomic E-state index is 0.0166. The van der Waals surface area contributed by atoms with Gasteiger partial charge in [0.25, 0.3) is 11.6 Å². The Bertz CT molecular complexity index is 1050. The van der Waals surface area contributed by atoms with Crippen LogP contribution in [0.2, 0.25) is 5.02 Å². The molecule has 4 rings (SSSR count). The van der Waals surface area contributed by atoms with Crippen LogP contribution >= 0.6 is 11.6 Å². The summed E-state index contributed by atoms with van der Waals surface area (Å²) in [5.74, 6) is -1.25. The standard InChI is InChI=1S/C20H17ClN4O4/c1-23(12-17-20(28)29-22-25(17)15-5-3-2-4-6-15)16-11-18(26)24(19(16)27)14-9-7-13(21)8-10-14/h2-10,16H,11-12H2,1H3. The highest BCUT2D eigenvalue weighted by molar-refractivity contribution is 6.30. The van der Waals surface area contributed by atoms with Crippen LogP contribution < -0.4 is 14.7 Å². The van der Waals surface area contributed by atoms with Crippen molar-refractivity contribution in [2.45, 2.75) is 19.0 Å². The topological polar surface area (TPSA) is 93.6 Å². The van der Waals surface area contributed by atoms with Gasteiger partial charge in [0.1, 0.15) is 0 Å². The third-order valence-corrected chi connectivity index (χ3v) is 5.09. The number of halogens is 1. The fourth-order valence-corrected chi connectivity index (χ4v) is 3.46. The van der Waals surface area contributed by atoms with Crippen molar-refractivity contribution in [3.8, 4) is 11.6 Å². The van der Waals surface area contributed by atoms with Crippen LogP contribution in [-0.2, 0) is 16.1 Å². The lowest BCUT2D eigenvalue weighted by Crippen LogP contribution is -2.44. The van der Waals surface area contributed by atoms with Crippen LogP contribution in [0.25, 0.3) is 5.69 Å². The molecular weight excluding hydrogens is 396 g/mol. The minimum atomic E-state index is -0.697. The zero-order valence-electron chi connectivity index (χ0n) is 15.5. The number of hydrogen-bond donors (Lipinski definition) is 0. The molecule has 9 heteroatoms. The summed E-state index contributed by atoms with van der Waals surface area (Å²) in [6, 6.07) is 14.9. The van der Waals surface area contributed by atoms with Gasteiger partial charge in [0.05, 0.1) is 30.0 Å². The molecule has 1 fully saturated rings. The van der Waals surface area contributed by atoms with Gasteiger partial charge >= 0.3 is 0 Å². The molecule has 0 N–H and O–H groups in total. The molecule has 2 amide bonds. The van der Waals surface area contributed by atoms with Crippen molar-refractivity contribution in [1.29, 1.82) is 0 Å². The number of anilines is 1. The molecular formula is C20H17ClN4O4. The number of carbonyl (C=O) groups is 2. The first-order chi connectivity index (χ1) is 14.0. The largest absolute Gasteiger partial charge is 0.539 e. The minimum Gasteiger partial charge on any atom is -0.539 e. The third kappa shape index (κ3) is 3.59. The molecule has 0 radical (unpaired) electrons. The number of likely N-dealkylation sites (N-methyl/N-ethyl adjacent to an activating group) is 1. The molecule has 1 saturated heterocycles. The number of benzene rings is 2. The van der Waals surface area contributed by atoms with Gasteiger partial charge in [-0.2, -0.15) is 0 Å². The summed E-state index contributed by atoms with van der Waals surface area (Å²) in [6.07, 6.45) is 0.0166. The van der Waals surface area contributed by atoms with E-state index in [2.05, 4.69) is 5.27 Å². The highest BCUT2D eigenvalue weighted by Gasteiger charge is 2.42. The van der Waals surface area contributed by atoms with E-state index < -0.39 is 12.0 Å². The molecule has 148 valence electrons. The Morgan fingerprint density at radius 2 is 1.90 bits per heavy atom. The number of nitrogens with zero attached hydrogens (tertiary/aromatic N) is 4. The molecule has 0 spiro atoms. The average molecular weight is 413 g/mol. The van der Waals surface area contributed by atoms with E-state index in [9.17, 15) is 14.7 Å². The Morgan fingerprint density at radius 1 is 1.21 bits per heavy atom. The highest BCUT2D eigenvalue weighted by Crippen LogP contribution is 2.27. The van der Waals surface area contributed by atoms with Gasteiger partial charge in [0.2, 0.25) is 11.6 Å². The number of amides is 2. The van der Waals surface area contributed by atoms with Crippen LogP contribution in [0.4, 0.5) is 5.69 Å². The number of carbonyl (C=O) groups excluding carboxylic acids is 2. The van der Waals surface area contributed by atoms with Crippen molar-refractivity contribution in [3.63, 3.8) is 0 Å². The van der Waals surface area contributed by atoms with E-state index in [1.54, 1.807) is 48.3 Å². The van der Waals surface area contributed by atoms with Gasteiger partial charge in [0, 0.05) is 17.2 Å². The maximum Gasteiger partial charge on any atom is 0.254 e. The first-order valence-corrected chi connectivity index (χ1v) is 9.29. The normalized spacial score (nSPS) is 16.8. The smallest absolute Gasteiger partial charge is 0.254 e. The summed E-state index contributed by atoms with van der Waals surface area (Å²) >= 11 is 5.89. The van der Waals surface area contributed by atoms with Gasteiger partial charge in [-0.15, -0.1) is 0 Å². The molecule has 3 aromatic rings. The van der Waals surface area contributed by atoms with Crippen molar-refractivity contribution >= 4 is 29.1 Å². The second-order valence-corrected chi connectivity index (χ2v) is 7.17. The van der Waals surface area contributed by atoms with Gasteiger partial charge in [-0.3, -0.25) is 14.5 Å². The summed E-state index contributed by atoms with van der Waals surface area (Å²) < 4.78 is 6.22. The zero-order valence-corrected chi connectivity index (χ0v) is 16.2. The van der Waals surface area contributed by atoms with E-state index in [1.165, 1.54) is 4.68 Å². The number of hydrogen-bond acceptors (Lipinski definition) is 6. The molecule has 2 aromatic carbocycles. The predicted octanol–water partition coefficient (Wildman–Crippen LogP) is 1.44. The molecule has 0 bridgehead atoms. The number of rotatable bonds is 5. The molecule has 1 aliphatic rings. The summed E-state index contributed by atoms with van der Waals surface area (Å²) in [5, 5.41) is 16.5. The van der Waals surface area contributed by atoms with E-state index in [-0.39, 0.29) is 30.5 Å². The van der Waals surface area contributed by atoms with E-state index in [0.717, 1.165) is 4.90 Å². The molecule has 8 nitrogen and oxygen atoms in total. The summed E-state index contributed by atoms with van der Waals surface area (Å²) in [6.45, 7) is 0.0926. The molecule has 1 atom stereocenters. The number of para-hydroxylation sites is 1. The first-order valence-electron chi connectivity index (χ1n) is 8.91. The molecule has 0 saturated carbocycles. The third-order valence-electron chi connectivity index (χ3n) is 4.84. The Morgan fingerprint density at radius 3 is 2.59 bits per heavy atom. The van der Waals surface area contributed by atoms with E-state index in [1.807, 2.05) is 18.2 Å². The van der Waals surface area contributed by atoms with Gasteiger partial charge in [0.15, 0.2) is 5.95 Å². The van der Waals surface area contributed by atoms with Crippen molar-refractivity contribution in [3.05, 3.63) is 65.3 Å². The van der Waals surface area contributed by atoms with Crippen molar-refractivity contribution in [2.24, 2.45) is 0 Å². The summed E-state index contributed by atoms with van der Waals surface area (Å²) in [4.78, 5) is 28.2. The van der Waals surface area contributed by atoms with Crippen molar-refractivity contribution in [2.75, 3.05) is 11.9 Å². The number of aromatic nitrogens is 2. The van der Waals surface area contributed by atoms with Gasteiger partial charge < -0.3 is 9.63 Å². The average Bonchev–Trinajstić information content (AvgIpc) is 3.23. The Hall–Kier alpha value is -3.23. The lowest BCUT2D eigenvalue weighted by Gasteiger charge is -2.21. The fourth-order valence-electron chi connectivity index (χ4n) is 3.34. The number of imide groups is 1. The zero-order chi connectivity index (χ0) is 20.5. The van der Waals surface area contributed by atoms with E-state index in [4.69, 9.17) is 16.1 Å². The molecule has 1 aliphatic heterocycles. The van der Waals surface area contributed by atoms with Crippen LogP contribution in [-0.4, -0.2) is 35.1 Å². The van der Waals surface area contributed by atoms with E-state index >= 15 is 0 Å². The maximum absolute atomic E-state index is 12.9. The van der Waals surface area contributed by atoms with Crippen molar-refractivity contribution < 1.29 is 23.9 Å². The van der Waals surface area contributed by atoms with Crippen LogP contribution in [0.5, 0.6) is 5.95 Å². The van der Waals surface area contributed by atoms with Gasteiger partial charge in [-0.25, -0.2) is 4.90 Å². The second kappa shape index (κ2) is 7.65. The van der Waals surface area contributed by atoms with Crippen LogP contribution in [0.1, 0.15) is 12.1 Å². The molecule has 29 heavy (non-hydrogen) atoms. The van der Waals surface area contributed by atoms with Crippen LogP contribution in [0.3, 0.4) is 0 Å². The van der Waals surface area contributed by atoms with E-state index in [0.29, 0.717) is 16.4 Å². The Kier molecular flexibility index (Phi) is 5.04. The van der Waals surface area contributed by atoms with Gasteiger partial charge in [-0.1, -0.05) is 29.8 Å². The predicted molar refractivity (Wildman–Crippen MR) is 101 cm³/mol. The van der Waals surface area contributed by atoms with Crippen LogP contribution in [0.15, 0.2) is 59.1 Å². The maximum atomic E-state index is 12.9.